The summed E-state index contributed by atoms with van der Waals surface area (Å²) in [7, 11) is 0. The minimum atomic E-state index is -4.30. The molecule has 0 aliphatic heterocycles. The lowest BCUT2D eigenvalue weighted by Crippen LogP contribution is -2.04. The summed E-state index contributed by atoms with van der Waals surface area (Å²) in [6, 6.07) is 0. The van der Waals surface area contributed by atoms with Crippen molar-refractivity contribution in [2.45, 2.75) is 71.4 Å². The molecule has 110 valence electrons. The number of halogens is 3. The molecule has 0 fully saturated rings. The molecule has 0 saturated heterocycles. The molecule has 0 aliphatic carbocycles. The second kappa shape index (κ2) is 7.88. The van der Waals surface area contributed by atoms with Gasteiger partial charge in [-0.05, 0) is 25.7 Å². The van der Waals surface area contributed by atoms with Gasteiger partial charge < -0.3 is 0 Å². The van der Waals surface area contributed by atoms with E-state index in [1.807, 2.05) is 0 Å². The molecule has 0 bridgehead atoms. The lowest BCUT2D eigenvalue weighted by atomic mass is 10.1. The summed E-state index contributed by atoms with van der Waals surface area (Å²) in [5, 5.41) is -0.675. The Kier molecular flexibility index (Phi) is 6.83. The summed E-state index contributed by atoms with van der Waals surface area (Å²) >= 11 is 0.839. The van der Waals surface area contributed by atoms with Crippen molar-refractivity contribution in [1.82, 2.24) is 4.98 Å². The highest BCUT2D eigenvalue weighted by atomic mass is 32.1. The lowest BCUT2D eigenvalue weighted by molar-refractivity contribution is -0.137. The number of hydrogen-bond acceptors (Lipinski definition) is 2. The van der Waals surface area contributed by atoms with Gasteiger partial charge in [0.05, 0.1) is 5.69 Å². The molecule has 0 saturated carbocycles. The van der Waals surface area contributed by atoms with Crippen LogP contribution in [0.5, 0.6) is 0 Å². The predicted octanol–water partition coefficient (Wildman–Crippen LogP) is 5.63. The van der Waals surface area contributed by atoms with Crippen molar-refractivity contribution in [1.29, 1.82) is 0 Å². The maximum absolute atomic E-state index is 12.7. The largest absolute Gasteiger partial charge is 0.443 e. The Bertz CT molecular complexity index is 344. The van der Waals surface area contributed by atoms with Gasteiger partial charge in [0.15, 0.2) is 5.01 Å². The Hall–Kier alpha value is -0.580. The van der Waals surface area contributed by atoms with Crippen LogP contribution in [0, 0.1) is 0 Å². The molecule has 0 atom stereocenters. The minimum Gasteiger partial charge on any atom is -0.237 e. The highest BCUT2D eigenvalue weighted by Crippen LogP contribution is 2.35. The van der Waals surface area contributed by atoms with Crippen molar-refractivity contribution in [3.63, 3.8) is 0 Å². The van der Waals surface area contributed by atoms with Crippen LogP contribution in [0.15, 0.2) is 0 Å². The second-order valence-electron chi connectivity index (χ2n) is 4.80. The third kappa shape index (κ3) is 5.51. The van der Waals surface area contributed by atoms with Crippen LogP contribution < -0.4 is 0 Å². The smallest absolute Gasteiger partial charge is 0.237 e. The van der Waals surface area contributed by atoms with E-state index in [-0.39, 0.29) is 0 Å². The fourth-order valence-electron chi connectivity index (χ4n) is 1.97. The zero-order valence-electron chi connectivity index (χ0n) is 11.6. The van der Waals surface area contributed by atoms with Crippen molar-refractivity contribution >= 4 is 11.3 Å². The third-order valence-corrected chi connectivity index (χ3v) is 4.25. The first kappa shape index (κ1) is 16.5. The zero-order valence-corrected chi connectivity index (χ0v) is 12.5. The third-order valence-electron chi connectivity index (χ3n) is 3.05. The highest BCUT2D eigenvalue weighted by Gasteiger charge is 2.35. The van der Waals surface area contributed by atoms with Crippen LogP contribution in [0.2, 0.25) is 0 Å². The van der Waals surface area contributed by atoms with E-state index in [0.717, 1.165) is 61.2 Å². The van der Waals surface area contributed by atoms with Gasteiger partial charge in [0.25, 0.3) is 0 Å². The molecule has 0 amide bonds. The normalized spacial score (nSPS) is 12.1. The van der Waals surface area contributed by atoms with Gasteiger partial charge >= 0.3 is 6.18 Å². The Balaban J connectivity index is 2.75. The second-order valence-corrected chi connectivity index (χ2v) is 5.88. The molecule has 0 spiro atoms. The van der Waals surface area contributed by atoms with Crippen molar-refractivity contribution in [2.75, 3.05) is 0 Å². The molecule has 0 N–H and O–H groups in total. The van der Waals surface area contributed by atoms with E-state index in [1.165, 1.54) is 0 Å². The number of nitrogens with zero attached hydrogens (tertiary/aromatic N) is 1. The topological polar surface area (TPSA) is 12.9 Å². The lowest BCUT2D eigenvalue weighted by Gasteiger charge is -2.01. The number of aromatic nitrogens is 1. The predicted molar refractivity (Wildman–Crippen MR) is 73.6 cm³/mol. The quantitative estimate of drug-likeness (QED) is 0.566. The molecule has 0 aromatic carbocycles. The number of unbranched alkanes of at least 4 members (excludes halogenated alkanes) is 4. The van der Waals surface area contributed by atoms with Gasteiger partial charge in [-0.25, -0.2) is 4.98 Å². The van der Waals surface area contributed by atoms with Crippen LogP contribution in [-0.4, -0.2) is 4.98 Å². The zero-order chi connectivity index (χ0) is 14.3. The van der Waals surface area contributed by atoms with Crippen LogP contribution in [0.3, 0.4) is 0 Å². The Morgan fingerprint density at radius 3 is 2.05 bits per heavy atom. The average Bonchev–Trinajstić information content (AvgIpc) is 2.73. The van der Waals surface area contributed by atoms with Crippen molar-refractivity contribution in [2.24, 2.45) is 0 Å². The molecular weight excluding hydrogens is 271 g/mol. The molecule has 1 nitrogen and oxygen atoms in total. The molecule has 0 radical (unpaired) electrons. The van der Waals surface area contributed by atoms with Crippen LogP contribution in [0.4, 0.5) is 13.2 Å². The number of aryl methyl sites for hydroxylation is 2. The van der Waals surface area contributed by atoms with Gasteiger partial charge in [0, 0.05) is 4.88 Å². The number of alkyl halides is 3. The molecule has 19 heavy (non-hydrogen) atoms. The summed E-state index contributed by atoms with van der Waals surface area (Å²) in [6.07, 6.45) is 3.27. The van der Waals surface area contributed by atoms with E-state index in [2.05, 4.69) is 18.8 Å². The van der Waals surface area contributed by atoms with Crippen LogP contribution in [0.1, 0.15) is 68.0 Å². The molecule has 0 aliphatic rings. The summed E-state index contributed by atoms with van der Waals surface area (Å²) < 4.78 is 38.1. The molecule has 1 aromatic heterocycles. The van der Waals surface area contributed by atoms with Crippen molar-refractivity contribution < 1.29 is 13.2 Å². The van der Waals surface area contributed by atoms with E-state index in [0.29, 0.717) is 12.1 Å². The first-order valence-electron chi connectivity index (χ1n) is 7.04. The number of hydrogen-bond donors (Lipinski definition) is 0. The van der Waals surface area contributed by atoms with Crippen LogP contribution in [-0.2, 0) is 19.0 Å². The average molecular weight is 293 g/mol. The van der Waals surface area contributed by atoms with E-state index >= 15 is 0 Å². The van der Waals surface area contributed by atoms with Crippen LogP contribution >= 0.6 is 11.3 Å². The van der Waals surface area contributed by atoms with Gasteiger partial charge in [-0.3, -0.25) is 0 Å². The van der Waals surface area contributed by atoms with Crippen LogP contribution in [0.25, 0.3) is 0 Å². The van der Waals surface area contributed by atoms with Crippen molar-refractivity contribution in [3.05, 3.63) is 15.6 Å². The maximum Gasteiger partial charge on any atom is 0.443 e. The van der Waals surface area contributed by atoms with Gasteiger partial charge in [-0.2, -0.15) is 13.2 Å². The number of thiazole rings is 1. The SMILES string of the molecule is CCCCCc1nc(C(F)(F)F)sc1CCCCC. The fourth-order valence-corrected chi connectivity index (χ4v) is 2.99. The summed E-state index contributed by atoms with van der Waals surface area (Å²) in [5.41, 5.74) is 0.682. The molecule has 1 aromatic rings. The van der Waals surface area contributed by atoms with E-state index in [9.17, 15) is 13.2 Å². The van der Waals surface area contributed by atoms with Gasteiger partial charge in [-0.1, -0.05) is 39.5 Å². The molecule has 0 unspecified atom stereocenters. The first-order valence-corrected chi connectivity index (χ1v) is 7.86. The summed E-state index contributed by atoms with van der Waals surface area (Å²) in [4.78, 5) is 4.67. The summed E-state index contributed by atoms with van der Waals surface area (Å²) in [5.74, 6) is 0. The Morgan fingerprint density at radius 1 is 0.947 bits per heavy atom. The van der Waals surface area contributed by atoms with Gasteiger partial charge in [-0.15, -0.1) is 11.3 Å². The maximum atomic E-state index is 12.7. The molecule has 1 heterocycles. The molecule has 1 rings (SSSR count). The van der Waals surface area contributed by atoms with Crippen molar-refractivity contribution in [3.8, 4) is 0 Å². The molecular formula is C14H22F3NS. The first-order chi connectivity index (χ1) is 8.99. The van der Waals surface area contributed by atoms with E-state index in [1.54, 1.807) is 0 Å². The highest BCUT2D eigenvalue weighted by molar-refractivity contribution is 7.11. The van der Waals surface area contributed by atoms with E-state index in [4.69, 9.17) is 0 Å². The molecule has 5 heteroatoms. The van der Waals surface area contributed by atoms with Gasteiger partial charge in [0.1, 0.15) is 0 Å². The minimum absolute atomic E-state index is 0.675. The van der Waals surface area contributed by atoms with E-state index < -0.39 is 11.2 Å². The Morgan fingerprint density at radius 2 is 1.53 bits per heavy atom. The standard InChI is InChI=1S/C14H22F3NS/c1-3-5-7-9-11-12(10-8-6-4-2)19-13(18-11)14(15,16)17/h3-10H2,1-2H3. The van der Waals surface area contributed by atoms with Gasteiger partial charge in [0.2, 0.25) is 0 Å². The summed E-state index contributed by atoms with van der Waals surface area (Å²) in [6.45, 7) is 4.18. The Labute approximate surface area is 117 Å². The number of rotatable bonds is 8. The monoisotopic (exact) mass is 293 g/mol. The fraction of sp³-hybridized carbons (Fsp3) is 0.786.